The summed E-state index contributed by atoms with van der Waals surface area (Å²) in [4.78, 5) is 22.1. The molecule has 110 valence electrons. The summed E-state index contributed by atoms with van der Waals surface area (Å²) < 4.78 is 13.3. The Bertz CT molecular complexity index is 524. The molecule has 5 nitrogen and oxygen atoms in total. The fourth-order valence-corrected chi connectivity index (χ4v) is 2.57. The van der Waals surface area contributed by atoms with Gasteiger partial charge in [-0.1, -0.05) is 22.9 Å². The molecule has 1 aromatic rings. The fraction of sp³-hybridized carbons (Fsp3) is 0.462. The molecule has 0 spiro atoms. The first-order valence-corrected chi connectivity index (χ1v) is 7.27. The highest BCUT2D eigenvalue weighted by Crippen LogP contribution is 2.20. The minimum Gasteiger partial charge on any atom is -0.347 e. The number of amides is 1. The van der Waals surface area contributed by atoms with Crippen LogP contribution in [0.1, 0.15) is 37.0 Å². The minimum absolute atomic E-state index is 0.0500. The second kappa shape index (κ2) is 6.78. The molecular weight excluding hydrogens is 331 g/mol. The molecule has 0 heterocycles. The van der Waals surface area contributed by atoms with Gasteiger partial charge in [0.25, 0.3) is 11.6 Å². The number of alkyl halides is 1. The van der Waals surface area contributed by atoms with E-state index in [2.05, 4.69) is 21.2 Å². The summed E-state index contributed by atoms with van der Waals surface area (Å²) in [7, 11) is 0. The van der Waals surface area contributed by atoms with Gasteiger partial charge >= 0.3 is 0 Å². The van der Waals surface area contributed by atoms with Gasteiger partial charge < -0.3 is 5.32 Å². The maximum Gasteiger partial charge on any atom is 0.273 e. The van der Waals surface area contributed by atoms with Crippen molar-refractivity contribution < 1.29 is 14.1 Å². The Balaban J connectivity index is 3.00. The van der Waals surface area contributed by atoms with Gasteiger partial charge in [-0.25, -0.2) is 4.39 Å². The Morgan fingerprint density at radius 1 is 1.50 bits per heavy atom. The largest absolute Gasteiger partial charge is 0.347 e. The molecule has 7 heteroatoms. The van der Waals surface area contributed by atoms with Crippen molar-refractivity contribution in [2.45, 2.75) is 32.2 Å². The highest BCUT2D eigenvalue weighted by Gasteiger charge is 2.25. The third-order valence-electron chi connectivity index (χ3n) is 3.20. The zero-order chi connectivity index (χ0) is 15.3. The Morgan fingerprint density at radius 3 is 2.65 bits per heavy atom. The van der Waals surface area contributed by atoms with Gasteiger partial charge in [0.2, 0.25) is 0 Å². The third-order valence-corrected chi connectivity index (χ3v) is 3.59. The van der Waals surface area contributed by atoms with Crippen LogP contribution >= 0.6 is 15.9 Å². The van der Waals surface area contributed by atoms with Gasteiger partial charge in [0.15, 0.2) is 0 Å². The lowest BCUT2D eigenvalue weighted by molar-refractivity contribution is -0.385. The predicted octanol–water partition coefficient (Wildman–Crippen LogP) is 3.42. The topological polar surface area (TPSA) is 72.2 Å². The van der Waals surface area contributed by atoms with Crippen molar-refractivity contribution >= 4 is 27.5 Å². The summed E-state index contributed by atoms with van der Waals surface area (Å²) in [5.74, 6) is -1.32. The molecule has 0 saturated heterocycles. The van der Waals surface area contributed by atoms with Gasteiger partial charge in [0.1, 0.15) is 5.82 Å². The average molecular weight is 347 g/mol. The molecular formula is C13H16BrFN2O3. The van der Waals surface area contributed by atoms with Crippen LogP contribution in [0.25, 0.3) is 0 Å². The van der Waals surface area contributed by atoms with Crippen LogP contribution < -0.4 is 5.32 Å². The van der Waals surface area contributed by atoms with E-state index in [1.165, 1.54) is 0 Å². The maximum absolute atomic E-state index is 13.3. The quantitative estimate of drug-likeness (QED) is 0.487. The number of nitro groups is 1. The molecule has 1 rings (SSSR count). The van der Waals surface area contributed by atoms with Crippen molar-refractivity contribution in [1.82, 2.24) is 5.32 Å². The third kappa shape index (κ3) is 4.26. The molecule has 20 heavy (non-hydrogen) atoms. The average Bonchev–Trinajstić information content (AvgIpc) is 2.38. The molecule has 0 saturated carbocycles. The second-order valence-electron chi connectivity index (χ2n) is 4.76. The molecule has 1 amide bonds. The van der Waals surface area contributed by atoms with E-state index in [0.717, 1.165) is 18.2 Å². The van der Waals surface area contributed by atoms with Crippen LogP contribution in [-0.2, 0) is 0 Å². The first-order chi connectivity index (χ1) is 9.31. The predicted molar refractivity (Wildman–Crippen MR) is 77.6 cm³/mol. The molecule has 0 aliphatic carbocycles. The summed E-state index contributed by atoms with van der Waals surface area (Å²) in [6, 6.07) is 2.85. The molecule has 1 unspecified atom stereocenters. The number of nitrogens with zero attached hydrogens (tertiary/aromatic N) is 1. The van der Waals surface area contributed by atoms with Gasteiger partial charge in [-0.05, 0) is 25.8 Å². The van der Waals surface area contributed by atoms with E-state index in [1.807, 2.05) is 13.8 Å². The molecule has 0 aliphatic rings. The van der Waals surface area contributed by atoms with Crippen LogP contribution in [0.4, 0.5) is 10.1 Å². The monoisotopic (exact) mass is 346 g/mol. The molecule has 0 aliphatic heterocycles. The maximum atomic E-state index is 13.3. The van der Waals surface area contributed by atoms with Crippen LogP contribution in [0.15, 0.2) is 18.2 Å². The van der Waals surface area contributed by atoms with Crippen LogP contribution in [0.3, 0.4) is 0 Å². The van der Waals surface area contributed by atoms with Gasteiger partial charge in [0.05, 0.1) is 11.0 Å². The molecule has 0 radical (unpaired) electrons. The van der Waals surface area contributed by atoms with Crippen LogP contribution in [0, 0.1) is 15.9 Å². The second-order valence-corrected chi connectivity index (χ2v) is 5.56. The summed E-state index contributed by atoms with van der Waals surface area (Å²) in [5, 5.41) is 14.2. The standard InChI is InChI=1S/C13H16BrFN2O3/c1-3-13(2,4-5-14)16-12(18)9-6-10(15)8-11(7-9)17(19)20/h6-8H,3-5H2,1-2H3,(H,16,18). The highest BCUT2D eigenvalue weighted by molar-refractivity contribution is 9.09. The van der Waals surface area contributed by atoms with Crippen molar-refractivity contribution in [2.75, 3.05) is 5.33 Å². The molecule has 0 aromatic heterocycles. The van der Waals surface area contributed by atoms with Crippen molar-refractivity contribution in [3.05, 3.63) is 39.7 Å². The van der Waals surface area contributed by atoms with E-state index < -0.39 is 27.9 Å². The SMILES string of the molecule is CCC(C)(CCBr)NC(=O)c1cc(F)cc([N+](=O)[O-])c1. The Hall–Kier alpha value is -1.50. The number of non-ortho nitro benzene ring substituents is 1. The minimum atomic E-state index is -0.803. The lowest BCUT2D eigenvalue weighted by Crippen LogP contribution is -2.45. The van der Waals surface area contributed by atoms with E-state index in [0.29, 0.717) is 18.2 Å². The number of rotatable bonds is 6. The fourth-order valence-electron chi connectivity index (χ4n) is 1.69. The molecule has 1 N–H and O–H groups in total. The molecule has 0 fully saturated rings. The zero-order valence-electron chi connectivity index (χ0n) is 11.3. The number of nitrogens with one attached hydrogen (secondary N) is 1. The zero-order valence-corrected chi connectivity index (χ0v) is 12.9. The van der Waals surface area contributed by atoms with Crippen molar-refractivity contribution in [3.63, 3.8) is 0 Å². The van der Waals surface area contributed by atoms with Crippen molar-refractivity contribution in [1.29, 1.82) is 0 Å². The number of benzene rings is 1. The number of hydrogen-bond donors (Lipinski definition) is 1. The van der Waals surface area contributed by atoms with E-state index in [9.17, 15) is 19.3 Å². The number of halogens is 2. The van der Waals surface area contributed by atoms with Gasteiger partial charge in [0, 0.05) is 22.5 Å². The van der Waals surface area contributed by atoms with Crippen molar-refractivity contribution in [2.24, 2.45) is 0 Å². The van der Waals surface area contributed by atoms with E-state index in [4.69, 9.17) is 0 Å². The Morgan fingerprint density at radius 2 is 2.15 bits per heavy atom. The van der Waals surface area contributed by atoms with Crippen LogP contribution in [0.2, 0.25) is 0 Å². The number of nitro benzene ring substituents is 1. The lowest BCUT2D eigenvalue weighted by atomic mass is 9.95. The van der Waals surface area contributed by atoms with Crippen molar-refractivity contribution in [3.8, 4) is 0 Å². The summed E-state index contributed by atoms with van der Waals surface area (Å²) in [6.07, 6.45) is 1.40. The summed E-state index contributed by atoms with van der Waals surface area (Å²) >= 11 is 3.31. The van der Waals surface area contributed by atoms with Gasteiger partial charge in [-0.15, -0.1) is 0 Å². The van der Waals surface area contributed by atoms with Gasteiger partial charge in [-0.3, -0.25) is 14.9 Å². The lowest BCUT2D eigenvalue weighted by Gasteiger charge is -2.29. The van der Waals surface area contributed by atoms with Gasteiger partial charge in [-0.2, -0.15) is 0 Å². The number of carbonyl (C=O) groups excluding carboxylic acids is 1. The first kappa shape index (κ1) is 16.6. The van der Waals surface area contributed by atoms with Crippen LogP contribution in [-0.4, -0.2) is 21.7 Å². The molecule has 0 bridgehead atoms. The summed E-state index contributed by atoms with van der Waals surface area (Å²) in [6.45, 7) is 3.80. The van der Waals surface area contributed by atoms with E-state index in [-0.39, 0.29) is 5.56 Å². The highest BCUT2D eigenvalue weighted by atomic mass is 79.9. The molecule has 1 aromatic carbocycles. The number of hydrogen-bond acceptors (Lipinski definition) is 3. The molecule has 1 atom stereocenters. The van der Waals surface area contributed by atoms with E-state index in [1.54, 1.807) is 0 Å². The summed E-state index contributed by atoms with van der Waals surface area (Å²) in [5.41, 5.74) is -0.929. The smallest absolute Gasteiger partial charge is 0.273 e. The van der Waals surface area contributed by atoms with E-state index >= 15 is 0 Å². The number of carbonyl (C=O) groups is 1. The van der Waals surface area contributed by atoms with Crippen LogP contribution in [0.5, 0.6) is 0 Å². The Kier molecular flexibility index (Phi) is 5.62. The normalized spacial score (nSPS) is 13.6. The first-order valence-electron chi connectivity index (χ1n) is 6.15. The Labute approximate surface area is 124 Å².